The van der Waals surface area contributed by atoms with Gasteiger partial charge in [0.2, 0.25) is 9.70 Å². The molecule has 0 saturated carbocycles. The highest BCUT2D eigenvalue weighted by Crippen LogP contribution is 2.40. The maximum absolute atomic E-state index is 12.4. The minimum absolute atomic E-state index is 0.172. The number of nitrogens with zero attached hydrogens (tertiary/aromatic N) is 1. The Morgan fingerprint density at radius 2 is 1.93 bits per heavy atom. The molecule has 0 unspecified atom stereocenters. The topological polar surface area (TPSA) is 64.9 Å². The monoisotopic (exact) mass is 441 g/mol. The molecule has 0 bridgehead atoms. The van der Waals surface area contributed by atoms with Gasteiger partial charge in [0.05, 0.1) is 12.0 Å². The maximum Gasteiger partial charge on any atom is 0.228 e. The normalized spacial score (nSPS) is 14.7. The Kier molecular flexibility index (Phi) is 6.54. The van der Waals surface area contributed by atoms with Crippen LogP contribution in [0.3, 0.4) is 0 Å². The molecular weight excluding hydrogens is 425 g/mol. The van der Waals surface area contributed by atoms with Crippen molar-refractivity contribution >= 4 is 57.0 Å². The fourth-order valence-corrected chi connectivity index (χ4v) is 4.71. The fourth-order valence-electron chi connectivity index (χ4n) is 3.11. The lowest BCUT2D eigenvalue weighted by molar-refractivity contribution is -0.120. The van der Waals surface area contributed by atoms with Crippen molar-refractivity contribution in [2.24, 2.45) is 0 Å². The van der Waals surface area contributed by atoms with Gasteiger partial charge >= 0.3 is 0 Å². The number of carbonyl (C=O) groups excluding carboxylic acids is 1. The summed E-state index contributed by atoms with van der Waals surface area (Å²) >= 11 is 19.8. The van der Waals surface area contributed by atoms with Crippen molar-refractivity contribution in [1.82, 2.24) is 5.32 Å². The molecule has 0 saturated heterocycles. The summed E-state index contributed by atoms with van der Waals surface area (Å²) in [6.45, 7) is 0. The predicted octanol–water partition coefficient (Wildman–Crippen LogP) is 4.97. The first-order valence-corrected chi connectivity index (χ1v) is 10.5. The van der Waals surface area contributed by atoms with Crippen LogP contribution in [0.4, 0.5) is 5.00 Å². The van der Waals surface area contributed by atoms with E-state index in [0.717, 1.165) is 36.8 Å². The molecule has 142 valence electrons. The van der Waals surface area contributed by atoms with Crippen LogP contribution in [0.25, 0.3) is 0 Å². The van der Waals surface area contributed by atoms with Gasteiger partial charge in [-0.05, 0) is 36.8 Å². The summed E-state index contributed by atoms with van der Waals surface area (Å²) in [6.07, 6.45) is 3.24. The number of aryl methyl sites for hydroxylation is 1. The van der Waals surface area contributed by atoms with Gasteiger partial charge in [0, 0.05) is 4.88 Å². The van der Waals surface area contributed by atoms with Crippen molar-refractivity contribution < 1.29 is 4.79 Å². The number of halogens is 3. The largest absolute Gasteiger partial charge is 0.352 e. The van der Waals surface area contributed by atoms with Crippen LogP contribution in [0.1, 0.15) is 34.4 Å². The molecule has 1 heterocycles. The lowest BCUT2D eigenvalue weighted by Crippen LogP contribution is -2.49. The Morgan fingerprint density at radius 1 is 1.22 bits per heavy atom. The number of nitrogens with one attached hydrogen (secondary N) is 2. The lowest BCUT2D eigenvalue weighted by Gasteiger charge is -2.27. The summed E-state index contributed by atoms with van der Waals surface area (Å²) in [4.78, 5) is 13.6. The second-order valence-electron chi connectivity index (χ2n) is 6.38. The van der Waals surface area contributed by atoms with E-state index in [2.05, 4.69) is 16.7 Å². The molecule has 27 heavy (non-hydrogen) atoms. The molecule has 1 aliphatic carbocycles. The molecule has 1 aliphatic rings. The van der Waals surface area contributed by atoms with Crippen molar-refractivity contribution in [3.05, 3.63) is 51.9 Å². The number of hydrogen-bond donors (Lipinski definition) is 2. The standard InChI is InChI=1S/C19H18Cl3N3OS/c20-19(21,22)18(24-16(26)10-12-6-2-1-3-7-12)25-17-14(11-23)13-8-4-5-9-15(13)27-17/h1-3,6-7,18,25H,4-5,8-10H2,(H,24,26)/t18-/m0/s1. The zero-order valence-corrected chi connectivity index (χ0v) is 17.5. The lowest BCUT2D eigenvalue weighted by atomic mass is 9.96. The third kappa shape index (κ3) is 5.08. The second-order valence-corrected chi connectivity index (χ2v) is 9.85. The van der Waals surface area contributed by atoms with Crippen molar-refractivity contribution in [3.63, 3.8) is 0 Å². The molecule has 3 rings (SSSR count). The highest BCUT2D eigenvalue weighted by molar-refractivity contribution is 7.16. The molecule has 1 amide bonds. The zero-order chi connectivity index (χ0) is 19.4. The highest BCUT2D eigenvalue weighted by atomic mass is 35.6. The van der Waals surface area contributed by atoms with Gasteiger partial charge in [-0.2, -0.15) is 5.26 Å². The number of fused-ring (bicyclic) bond motifs is 1. The maximum atomic E-state index is 12.4. The number of benzene rings is 1. The van der Waals surface area contributed by atoms with Gasteiger partial charge < -0.3 is 10.6 Å². The van der Waals surface area contributed by atoms with E-state index in [1.807, 2.05) is 30.3 Å². The first kappa shape index (κ1) is 20.3. The first-order chi connectivity index (χ1) is 12.9. The molecule has 1 aromatic carbocycles. The minimum atomic E-state index is -1.77. The Morgan fingerprint density at radius 3 is 2.59 bits per heavy atom. The fraction of sp³-hybridized carbons (Fsp3) is 0.368. The Balaban J connectivity index is 1.77. The number of thiophene rings is 1. The van der Waals surface area contributed by atoms with Crippen molar-refractivity contribution in [3.8, 4) is 6.07 Å². The summed E-state index contributed by atoms with van der Waals surface area (Å²) in [5.74, 6) is -0.273. The van der Waals surface area contributed by atoms with Crippen LogP contribution < -0.4 is 10.6 Å². The number of rotatable bonds is 5. The van der Waals surface area contributed by atoms with E-state index >= 15 is 0 Å². The quantitative estimate of drug-likeness (QED) is 0.508. The van der Waals surface area contributed by atoms with Crippen LogP contribution in [0.2, 0.25) is 0 Å². The van der Waals surface area contributed by atoms with Crippen molar-refractivity contribution in [1.29, 1.82) is 5.26 Å². The summed E-state index contributed by atoms with van der Waals surface area (Å²) in [7, 11) is 0. The molecule has 4 nitrogen and oxygen atoms in total. The van der Waals surface area contributed by atoms with E-state index in [-0.39, 0.29) is 12.3 Å². The number of nitriles is 1. The van der Waals surface area contributed by atoms with Crippen molar-refractivity contribution in [2.45, 2.75) is 42.1 Å². The third-order valence-corrected chi connectivity index (χ3v) is 6.28. The average Bonchev–Trinajstić information content (AvgIpc) is 2.98. The van der Waals surface area contributed by atoms with Crippen LogP contribution in [0, 0.1) is 11.3 Å². The summed E-state index contributed by atoms with van der Waals surface area (Å²) in [5, 5.41) is 16.0. The summed E-state index contributed by atoms with van der Waals surface area (Å²) < 4.78 is -1.77. The van der Waals surface area contributed by atoms with Gasteiger partial charge in [-0.25, -0.2) is 0 Å². The van der Waals surface area contributed by atoms with E-state index < -0.39 is 9.96 Å². The van der Waals surface area contributed by atoms with E-state index in [0.29, 0.717) is 10.6 Å². The van der Waals surface area contributed by atoms with Gasteiger partial charge in [0.15, 0.2) is 0 Å². The van der Waals surface area contributed by atoms with Crippen LogP contribution in [0.15, 0.2) is 30.3 Å². The summed E-state index contributed by atoms with van der Waals surface area (Å²) in [6, 6.07) is 11.6. The van der Waals surface area contributed by atoms with Gasteiger partial charge in [-0.3, -0.25) is 4.79 Å². The number of hydrogen-bond acceptors (Lipinski definition) is 4. The van der Waals surface area contributed by atoms with E-state index in [1.165, 1.54) is 16.2 Å². The van der Waals surface area contributed by atoms with E-state index in [9.17, 15) is 10.1 Å². The smallest absolute Gasteiger partial charge is 0.228 e. The van der Waals surface area contributed by atoms with Gasteiger partial charge in [-0.1, -0.05) is 65.1 Å². The van der Waals surface area contributed by atoms with E-state index in [1.54, 1.807) is 0 Å². The summed E-state index contributed by atoms with van der Waals surface area (Å²) in [5.41, 5.74) is 2.53. The Labute approximate surface area is 177 Å². The minimum Gasteiger partial charge on any atom is -0.352 e. The van der Waals surface area contributed by atoms with E-state index in [4.69, 9.17) is 34.8 Å². The second kappa shape index (κ2) is 8.70. The Hall–Kier alpha value is -1.45. The Bertz CT molecular complexity index is 856. The first-order valence-electron chi connectivity index (χ1n) is 8.59. The number of carbonyl (C=O) groups is 1. The van der Waals surface area contributed by atoms with Crippen LogP contribution in [-0.2, 0) is 24.1 Å². The molecule has 0 fully saturated rings. The zero-order valence-electron chi connectivity index (χ0n) is 14.4. The van der Waals surface area contributed by atoms with Crippen LogP contribution >= 0.6 is 46.1 Å². The number of alkyl halides is 3. The molecule has 8 heteroatoms. The molecule has 2 aromatic rings. The molecule has 1 aromatic heterocycles. The van der Waals surface area contributed by atoms with Gasteiger partial charge in [0.25, 0.3) is 0 Å². The molecule has 0 radical (unpaired) electrons. The molecule has 2 N–H and O–H groups in total. The molecule has 1 atom stereocenters. The predicted molar refractivity (Wildman–Crippen MR) is 112 cm³/mol. The number of amides is 1. The molecule has 0 aliphatic heterocycles. The SMILES string of the molecule is N#Cc1c(N[C@H](NC(=O)Cc2ccccc2)C(Cl)(Cl)Cl)sc2c1CCCC2. The number of anilines is 1. The van der Waals surface area contributed by atoms with Gasteiger partial charge in [-0.15, -0.1) is 11.3 Å². The van der Waals surface area contributed by atoms with Crippen LogP contribution in [-0.4, -0.2) is 15.9 Å². The van der Waals surface area contributed by atoms with Crippen LogP contribution in [0.5, 0.6) is 0 Å². The third-order valence-electron chi connectivity index (χ3n) is 4.40. The van der Waals surface area contributed by atoms with Crippen molar-refractivity contribution in [2.75, 3.05) is 5.32 Å². The highest BCUT2D eigenvalue weighted by Gasteiger charge is 2.35. The average molecular weight is 443 g/mol. The molecular formula is C19H18Cl3N3OS. The molecule has 0 spiro atoms. The van der Waals surface area contributed by atoms with Gasteiger partial charge in [0.1, 0.15) is 17.2 Å².